The monoisotopic (exact) mass is 418 g/mol. The molecule has 0 bridgehead atoms. The van der Waals surface area contributed by atoms with Crippen LogP contribution in [0.1, 0.15) is 11.1 Å². The third-order valence-corrected chi connectivity index (χ3v) is 4.86. The van der Waals surface area contributed by atoms with Crippen molar-refractivity contribution in [3.63, 3.8) is 0 Å². The van der Waals surface area contributed by atoms with E-state index in [1.165, 1.54) is 11.6 Å². The quantitative estimate of drug-likeness (QED) is 0.518. The summed E-state index contributed by atoms with van der Waals surface area (Å²) in [6.45, 7) is 0. The van der Waals surface area contributed by atoms with Gasteiger partial charge >= 0.3 is 0 Å². The summed E-state index contributed by atoms with van der Waals surface area (Å²) in [5.74, 6) is 0.0739. The molecule has 2 rings (SSSR count). The van der Waals surface area contributed by atoms with E-state index in [2.05, 4.69) is 44.0 Å². The van der Waals surface area contributed by atoms with E-state index in [-0.39, 0.29) is 10.8 Å². The van der Waals surface area contributed by atoms with E-state index in [9.17, 15) is 4.39 Å². The molecule has 0 aliphatic carbocycles. The van der Waals surface area contributed by atoms with Gasteiger partial charge in [-0.2, -0.15) is 0 Å². The maximum Gasteiger partial charge on any atom is 0.142 e. The molecule has 0 amide bonds. The minimum absolute atomic E-state index is 0.177. The van der Waals surface area contributed by atoms with E-state index in [0.29, 0.717) is 5.92 Å². The predicted octanol–water partition coefficient (Wildman–Crippen LogP) is 6.04. The highest BCUT2D eigenvalue weighted by atomic mass is 79.9. The van der Waals surface area contributed by atoms with Crippen LogP contribution in [0.15, 0.2) is 46.9 Å². The predicted molar refractivity (Wildman–Crippen MR) is 90.2 cm³/mol. The first-order chi connectivity index (χ1) is 9.58. The number of hydrogen-bond acceptors (Lipinski definition) is 0. The molecule has 0 saturated carbocycles. The second kappa shape index (κ2) is 7.58. The lowest BCUT2D eigenvalue weighted by Crippen LogP contribution is -2.10. The van der Waals surface area contributed by atoms with Crippen LogP contribution in [0, 0.1) is 11.7 Å². The van der Waals surface area contributed by atoms with E-state index in [4.69, 9.17) is 11.6 Å². The number of alkyl halides is 1. The van der Waals surface area contributed by atoms with Crippen LogP contribution in [0.5, 0.6) is 0 Å². The standard InChI is InChI=1S/C16H14Br2ClF/c17-10-13(6-11-2-1-3-14(18)8-11)7-12-4-5-15(19)16(20)9-12/h1-5,8-9,13H,6-7,10H2. The summed E-state index contributed by atoms with van der Waals surface area (Å²) in [6.07, 6.45) is 1.78. The first-order valence-electron chi connectivity index (χ1n) is 6.33. The molecule has 0 aromatic heterocycles. The molecule has 0 radical (unpaired) electrons. The SMILES string of the molecule is Fc1cc(CC(CBr)Cc2cccc(Br)c2)ccc1Cl. The van der Waals surface area contributed by atoms with Crippen molar-refractivity contribution in [1.29, 1.82) is 0 Å². The molecule has 0 heterocycles. The van der Waals surface area contributed by atoms with Gasteiger partial charge in [0.1, 0.15) is 5.82 Å². The third-order valence-electron chi connectivity index (χ3n) is 3.14. The zero-order valence-electron chi connectivity index (χ0n) is 10.8. The lowest BCUT2D eigenvalue weighted by Gasteiger charge is -2.15. The van der Waals surface area contributed by atoms with Crippen molar-refractivity contribution in [1.82, 2.24) is 0 Å². The van der Waals surface area contributed by atoms with Gasteiger partial charge in [0.05, 0.1) is 5.02 Å². The highest BCUT2D eigenvalue weighted by molar-refractivity contribution is 9.10. The Kier molecular flexibility index (Phi) is 6.06. The normalized spacial score (nSPS) is 12.4. The Morgan fingerprint density at radius 1 is 1.05 bits per heavy atom. The number of rotatable bonds is 5. The Morgan fingerprint density at radius 2 is 1.75 bits per heavy atom. The van der Waals surface area contributed by atoms with Crippen molar-refractivity contribution >= 4 is 43.5 Å². The average Bonchev–Trinajstić information content (AvgIpc) is 2.42. The van der Waals surface area contributed by atoms with E-state index >= 15 is 0 Å². The van der Waals surface area contributed by atoms with Gasteiger partial charge in [0.15, 0.2) is 0 Å². The van der Waals surface area contributed by atoms with E-state index < -0.39 is 0 Å². The molecule has 0 N–H and O–H groups in total. The zero-order chi connectivity index (χ0) is 14.5. The van der Waals surface area contributed by atoms with Crippen LogP contribution in [-0.2, 0) is 12.8 Å². The van der Waals surface area contributed by atoms with Crippen LogP contribution in [-0.4, -0.2) is 5.33 Å². The molecule has 20 heavy (non-hydrogen) atoms. The first-order valence-corrected chi connectivity index (χ1v) is 8.62. The van der Waals surface area contributed by atoms with Crippen molar-refractivity contribution in [3.8, 4) is 0 Å². The highest BCUT2D eigenvalue weighted by Gasteiger charge is 2.11. The second-order valence-electron chi connectivity index (χ2n) is 4.81. The molecule has 2 aromatic rings. The molecule has 0 spiro atoms. The smallest absolute Gasteiger partial charge is 0.142 e. The maximum atomic E-state index is 13.5. The Balaban J connectivity index is 2.07. The Bertz CT molecular complexity index is 586. The number of hydrogen-bond donors (Lipinski definition) is 0. The molecule has 106 valence electrons. The van der Waals surface area contributed by atoms with E-state index in [1.54, 1.807) is 6.07 Å². The summed E-state index contributed by atoms with van der Waals surface area (Å²) < 4.78 is 14.5. The van der Waals surface area contributed by atoms with Crippen LogP contribution in [0.4, 0.5) is 4.39 Å². The van der Waals surface area contributed by atoms with Gasteiger partial charge in [0.2, 0.25) is 0 Å². The van der Waals surface area contributed by atoms with Crippen LogP contribution in [0.25, 0.3) is 0 Å². The zero-order valence-corrected chi connectivity index (χ0v) is 14.7. The van der Waals surface area contributed by atoms with Gasteiger partial charge in [-0.05, 0) is 54.2 Å². The molecule has 0 fully saturated rings. The van der Waals surface area contributed by atoms with Crippen molar-refractivity contribution < 1.29 is 4.39 Å². The van der Waals surface area contributed by atoms with Crippen molar-refractivity contribution in [2.24, 2.45) is 5.92 Å². The van der Waals surface area contributed by atoms with E-state index in [0.717, 1.165) is 28.2 Å². The Labute approximate surface area is 140 Å². The molecule has 0 nitrogen and oxygen atoms in total. The molecule has 1 unspecified atom stereocenters. The summed E-state index contributed by atoms with van der Waals surface area (Å²) in [6, 6.07) is 13.3. The fourth-order valence-electron chi connectivity index (χ4n) is 2.18. The topological polar surface area (TPSA) is 0 Å². The lowest BCUT2D eigenvalue weighted by molar-refractivity contribution is 0.582. The molecule has 0 aliphatic heterocycles. The molecule has 0 saturated heterocycles. The van der Waals surface area contributed by atoms with Gasteiger partial charge in [0, 0.05) is 9.80 Å². The Morgan fingerprint density at radius 3 is 2.35 bits per heavy atom. The van der Waals surface area contributed by atoms with Crippen molar-refractivity contribution in [3.05, 3.63) is 68.9 Å². The molecular weight excluding hydrogens is 406 g/mol. The minimum atomic E-state index is -0.347. The fraction of sp³-hybridized carbons (Fsp3) is 0.250. The first kappa shape index (κ1) is 16.0. The lowest BCUT2D eigenvalue weighted by atomic mass is 9.94. The van der Waals surface area contributed by atoms with E-state index in [1.807, 2.05) is 18.2 Å². The van der Waals surface area contributed by atoms with Crippen LogP contribution < -0.4 is 0 Å². The fourth-order valence-corrected chi connectivity index (χ4v) is 3.20. The van der Waals surface area contributed by atoms with Gasteiger partial charge in [-0.25, -0.2) is 4.39 Å². The Hall–Kier alpha value is -0.380. The van der Waals surface area contributed by atoms with Gasteiger partial charge in [-0.1, -0.05) is 61.7 Å². The molecule has 2 aromatic carbocycles. The summed E-state index contributed by atoms with van der Waals surface area (Å²) >= 11 is 12.7. The van der Waals surface area contributed by atoms with Crippen LogP contribution in [0.3, 0.4) is 0 Å². The summed E-state index contributed by atoms with van der Waals surface area (Å²) in [4.78, 5) is 0. The average molecular weight is 421 g/mol. The second-order valence-corrected chi connectivity index (χ2v) is 6.78. The van der Waals surface area contributed by atoms with Crippen LogP contribution >= 0.6 is 43.5 Å². The number of benzene rings is 2. The van der Waals surface area contributed by atoms with Crippen molar-refractivity contribution in [2.75, 3.05) is 5.33 Å². The summed E-state index contributed by atoms with van der Waals surface area (Å²) in [5, 5.41) is 1.06. The third kappa shape index (κ3) is 4.57. The van der Waals surface area contributed by atoms with Crippen LogP contribution in [0.2, 0.25) is 5.02 Å². The minimum Gasteiger partial charge on any atom is -0.205 e. The molecule has 0 aliphatic rings. The number of halogens is 4. The van der Waals surface area contributed by atoms with Gasteiger partial charge in [-0.15, -0.1) is 0 Å². The highest BCUT2D eigenvalue weighted by Crippen LogP contribution is 2.22. The maximum absolute atomic E-state index is 13.5. The molecular formula is C16H14Br2ClF. The van der Waals surface area contributed by atoms with Gasteiger partial charge < -0.3 is 0 Å². The molecule has 1 atom stereocenters. The van der Waals surface area contributed by atoms with Gasteiger partial charge in [0.25, 0.3) is 0 Å². The van der Waals surface area contributed by atoms with Crippen molar-refractivity contribution in [2.45, 2.75) is 12.8 Å². The van der Waals surface area contributed by atoms with Gasteiger partial charge in [-0.3, -0.25) is 0 Å². The summed E-state index contributed by atoms with van der Waals surface area (Å²) in [5.41, 5.74) is 2.25. The molecule has 4 heteroatoms. The summed E-state index contributed by atoms with van der Waals surface area (Å²) in [7, 11) is 0. The largest absolute Gasteiger partial charge is 0.205 e.